The third kappa shape index (κ3) is 4.67. The second-order valence-corrected chi connectivity index (χ2v) is 7.54. The minimum absolute atomic E-state index is 0.0696. The Balaban J connectivity index is 1.38. The average molecular weight is 393 g/mol. The Labute approximate surface area is 171 Å². The van der Waals surface area contributed by atoms with E-state index in [0.717, 1.165) is 37.3 Å². The van der Waals surface area contributed by atoms with E-state index in [9.17, 15) is 9.59 Å². The molecule has 0 saturated carbocycles. The van der Waals surface area contributed by atoms with Gasteiger partial charge in [0.25, 0.3) is 0 Å². The van der Waals surface area contributed by atoms with E-state index in [1.807, 2.05) is 52.3 Å². The molecule has 7 heteroatoms. The van der Waals surface area contributed by atoms with Crippen LogP contribution < -0.4 is 10.2 Å². The minimum Gasteiger partial charge on any atom is -0.368 e. The predicted molar refractivity (Wildman–Crippen MR) is 112 cm³/mol. The van der Waals surface area contributed by atoms with Gasteiger partial charge in [-0.05, 0) is 24.1 Å². The number of amides is 3. The van der Waals surface area contributed by atoms with E-state index in [4.69, 9.17) is 0 Å². The fraction of sp³-hybridized carbons (Fsp3) is 0.409. The Morgan fingerprint density at radius 1 is 1.00 bits per heavy atom. The van der Waals surface area contributed by atoms with Gasteiger partial charge < -0.3 is 20.0 Å². The summed E-state index contributed by atoms with van der Waals surface area (Å²) in [4.78, 5) is 35.1. The Morgan fingerprint density at radius 2 is 1.72 bits per heavy atom. The van der Waals surface area contributed by atoms with E-state index in [0.29, 0.717) is 26.1 Å². The van der Waals surface area contributed by atoms with Crippen molar-refractivity contribution >= 4 is 17.6 Å². The Morgan fingerprint density at radius 3 is 2.38 bits per heavy atom. The first-order valence-electron chi connectivity index (χ1n) is 10.2. The van der Waals surface area contributed by atoms with E-state index < -0.39 is 0 Å². The van der Waals surface area contributed by atoms with Gasteiger partial charge in [-0.2, -0.15) is 0 Å². The molecule has 152 valence electrons. The molecule has 1 atom stereocenters. The molecular weight excluding hydrogens is 366 g/mol. The maximum atomic E-state index is 13.0. The summed E-state index contributed by atoms with van der Waals surface area (Å²) in [5.41, 5.74) is 2.16. The van der Waals surface area contributed by atoms with Gasteiger partial charge in [-0.25, -0.2) is 4.79 Å². The number of aromatic nitrogens is 1. The largest absolute Gasteiger partial charge is 0.368 e. The van der Waals surface area contributed by atoms with Crippen molar-refractivity contribution in [3.63, 3.8) is 0 Å². The highest BCUT2D eigenvalue weighted by atomic mass is 16.2. The summed E-state index contributed by atoms with van der Waals surface area (Å²) in [5, 5.41) is 3.17. The summed E-state index contributed by atoms with van der Waals surface area (Å²) >= 11 is 0. The molecule has 0 spiro atoms. The summed E-state index contributed by atoms with van der Waals surface area (Å²) in [7, 11) is 0. The smallest absolute Gasteiger partial charge is 0.318 e. The predicted octanol–water partition coefficient (Wildman–Crippen LogP) is 2.28. The number of carbonyl (C=O) groups is 2. The molecule has 1 unspecified atom stereocenters. The number of nitrogens with zero attached hydrogens (tertiary/aromatic N) is 4. The maximum absolute atomic E-state index is 13.0. The summed E-state index contributed by atoms with van der Waals surface area (Å²) in [6.07, 6.45) is 5.08. The topological polar surface area (TPSA) is 68.8 Å². The molecule has 1 aromatic carbocycles. The number of nitrogens with one attached hydrogen (secondary N) is 1. The number of pyridine rings is 1. The van der Waals surface area contributed by atoms with E-state index in [-0.39, 0.29) is 18.0 Å². The van der Waals surface area contributed by atoms with Gasteiger partial charge in [0.05, 0.1) is 6.04 Å². The first kappa shape index (κ1) is 19.2. The van der Waals surface area contributed by atoms with Crippen molar-refractivity contribution in [1.82, 2.24) is 20.1 Å². The molecule has 0 bridgehead atoms. The number of likely N-dealkylation sites (tertiary alicyclic amines) is 1. The zero-order valence-corrected chi connectivity index (χ0v) is 16.5. The molecule has 3 heterocycles. The van der Waals surface area contributed by atoms with E-state index in [2.05, 4.69) is 15.2 Å². The van der Waals surface area contributed by atoms with Gasteiger partial charge in [-0.1, -0.05) is 30.3 Å². The Hall–Kier alpha value is -3.09. The summed E-state index contributed by atoms with van der Waals surface area (Å²) < 4.78 is 0. The van der Waals surface area contributed by atoms with Gasteiger partial charge in [0.2, 0.25) is 5.91 Å². The molecule has 2 aromatic rings. The second-order valence-electron chi connectivity index (χ2n) is 7.54. The van der Waals surface area contributed by atoms with Crippen LogP contribution in [0, 0.1) is 0 Å². The minimum atomic E-state index is -0.205. The second kappa shape index (κ2) is 8.94. The molecular formula is C22H27N5O2. The van der Waals surface area contributed by atoms with Crippen LogP contribution in [-0.4, -0.2) is 66.0 Å². The van der Waals surface area contributed by atoms with Crippen LogP contribution in [0.15, 0.2) is 54.9 Å². The SMILES string of the molecule is O=C1CCCN1CC(NC(=O)N1CCN(c2ccncc2)CC1)c1ccccc1. The van der Waals surface area contributed by atoms with Gasteiger partial charge in [0.15, 0.2) is 0 Å². The quantitative estimate of drug-likeness (QED) is 0.846. The highest BCUT2D eigenvalue weighted by Gasteiger charge is 2.28. The first-order valence-corrected chi connectivity index (χ1v) is 10.2. The molecule has 7 nitrogen and oxygen atoms in total. The van der Waals surface area contributed by atoms with Crippen LogP contribution in [-0.2, 0) is 4.79 Å². The number of piperazine rings is 1. The number of urea groups is 1. The van der Waals surface area contributed by atoms with Crippen LogP contribution in [0.3, 0.4) is 0 Å². The summed E-state index contributed by atoms with van der Waals surface area (Å²) in [6.45, 7) is 4.20. The molecule has 2 aliphatic heterocycles. The fourth-order valence-electron chi connectivity index (χ4n) is 4.00. The molecule has 2 aliphatic rings. The summed E-state index contributed by atoms with van der Waals surface area (Å²) in [5.74, 6) is 0.172. The number of benzene rings is 1. The molecule has 0 aliphatic carbocycles. The number of rotatable bonds is 5. The van der Waals surface area contributed by atoms with Crippen molar-refractivity contribution in [2.24, 2.45) is 0 Å². The van der Waals surface area contributed by atoms with Gasteiger partial charge in [0, 0.05) is 63.8 Å². The third-order valence-electron chi connectivity index (χ3n) is 5.67. The van der Waals surface area contributed by atoms with E-state index in [1.165, 1.54) is 0 Å². The van der Waals surface area contributed by atoms with Crippen molar-refractivity contribution in [2.45, 2.75) is 18.9 Å². The lowest BCUT2D eigenvalue weighted by molar-refractivity contribution is -0.128. The van der Waals surface area contributed by atoms with Crippen molar-refractivity contribution in [1.29, 1.82) is 0 Å². The zero-order valence-electron chi connectivity index (χ0n) is 16.5. The lowest BCUT2D eigenvalue weighted by Gasteiger charge is -2.37. The van der Waals surface area contributed by atoms with Gasteiger partial charge in [-0.15, -0.1) is 0 Å². The van der Waals surface area contributed by atoms with Crippen molar-refractivity contribution in [2.75, 3.05) is 44.2 Å². The lowest BCUT2D eigenvalue weighted by Crippen LogP contribution is -2.53. The fourth-order valence-corrected chi connectivity index (χ4v) is 4.00. The number of anilines is 1. The van der Waals surface area contributed by atoms with Crippen molar-refractivity contribution in [3.05, 3.63) is 60.4 Å². The zero-order chi connectivity index (χ0) is 20.1. The standard InChI is InChI=1S/C22H27N5O2/c28-21-7-4-12-27(21)17-20(18-5-2-1-3-6-18)24-22(29)26-15-13-25(14-16-26)19-8-10-23-11-9-19/h1-3,5-6,8-11,20H,4,7,12-17H2,(H,24,29). The molecule has 1 aromatic heterocycles. The van der Waals surface area contributed by atoms with Gasteiger partial charge in [-0.3, -0.25) is 9.78 Å². The summed E-state index contributed by atoms with van der Waals surface area (Å²) in [6, 6.07) is 13.6. The monoisotopic (exact) mass is 393 g/mol. The van der Waals surface area contributed by atoms with Crippen LogP contribution in [0.2, 0.25) is 0 Å². The highest BCUT2D eigenvalue weighted by Crippen LogP contribution is 2.20. The van der Waals surface area contributed by atoms with Crippen molar-refractivity contribution < 1.29 is 9.59 Å². The van der Waals surface area contributed by atoms with Crippen LogP contribution in [0.25, 0.3) is 0 Å². The lowest BCUT2D eigenvalue weighted by atomic mass is 10.1. The van der Waals surface area contributed by atoms with E-state index >= 15 is 0 Å². The average Bonchev–Trinajstić information content (AvgIpc) is 3.19. The van der Waals surface area contributed by atoms with Gasteiger partial charge in [0.1, 0.15) is 0 Å². The molecule has 1 N–H and O–H groups in total. The van der Waals surface area contributed by atoms with Crippen LogP contribution >= 0.6 is 0 Å². The third-order valence-corrected chi connectivity index (χ3v) is 5.67. The van der Waals surface area contributed by atoms with Crippen LogP contribution in [0.1, 0.15) is 24.4 Å². The number of carbonyl (C=O) groups excluding carboxylic acids is 2. The molecule has 2 fully saturated rings. The Bertz CT molecular complexity index is 822. The first-order chi connectivity index (χ1) is 14.2. The maximum Gasteiger partial charge on any atom is 0.318 e. The van der Waals surface area contributed by atoms with Crippen molar-refractivity contribution in [3.8, 4) is 0 Å². The highest BCUT2D eigenvalue weighted by molar-refractivity contribution is 5.78. The molecule has 2 saturated heterocycles. The molecule has 3 amide bonds. The van der Waals surface area contributed by atoms with Gasteiger partial charge >= 0.3 is 6.03 Å². The molecule has 4 rings (SSSR count). The molecule has 0 radical (unpaired) electrons. The van der Waals surface area contributed by atoms with Crippen LogP contribution in [0.5, 0.6) is 0 Å². The number of hydrogen-bond donors (Lipinski definition) is 1. The van der Waals surface area contributed by atoms with E-state index in [1.54, 1.807) is 12.4 Å². The molecule has 29 heavy (non-hydrogen) atoms. The number of hydrogen-bond acceptors (Lipinski definition) is 4. The van der Waals surface area contributed by atoms with Crippen LogP contribution in [0.4, 0.5) is 10.5 Å². The Kier molecular flexibility index (Phi) is 5.93. The normalized spacial score (nSPS) is 18.1.